The summed E-state index contributed by atoms with van der Waals surface area (Å²) < 4.78 is 0. The van der Waals surface area contributed by atoms with Gasteiger partial charge < -0.3 is 10.4 Å². The lowest BCUT2D eigenvalue weighted by Gasteiger charge is -2.36. The molecule has 0 aliphatic carbocycles. The molecular formula is C12H23N3O3. The Kier molecular flexibility index (Phi) is 5.10. The second-order valence-electron chi connectivity index (χ2n) is 5.49. The number of hydrogen-bond donors (Lipinski definition) is 3. The van der Waals surface area contributed by atoms with Crippen LogP contribution in [0.5, 0.6) is 0 Å². The molecule has 18 heavy (non-hydrogen) atoms. The molecule has 3 N–H and O–H groups in total. The molecule has 1 unspecified atom stereocenters. The first-order valence-electron chi connectivity index (χ1n) is 6.33. The van der Waals surface area contributed by atoms with Gasteiger partial charge in [-0.25, -0.2) is 4.79 Å². The van der Waals surface area contributed by atoms with Gasteiger partial charge in [0, 0.05) is 12.6 Å². The van der Waals surface area contributed by atoms with Crippen LogP contribution in [0.25, 0.3) is 0 Å². The molecule has 104 valence electrons. The molecule has 0 aromatic rings. The fraction of sp³-hybridized carbons (Fsp3) is 0.833. The van der Waals surface area contributed by atoms with Crippen molar-refractivity contribution in [2.75, 3.05) is 19.6 Å². The molecule has 0 aromatic heterocycles. The Morgan fingerprint density at radius 3 is 2.67 bits per heavy atom. The van der Waals surface area contributed by atoms with E-state index >= 15 is 0 Å². The van der Waals surface area contributed by atoms with Crippen LogP contribution in [0.1, 0.15) is 33.6 Å². The van der Waals surface area contributed by atoms with E-state index in [0.29, 0.717) is 6.54 Å². The van der Waals surface area contributed by atoms with Crippen LogP contribution >= 0.6 is 0 Å². The maximum atomic E-state index is 11.6. The number of nitrogens with zero attached hydrogens (tertiary/aromatic N) is 1. The summed E-state index contributed by atoms with van der Waals surface area (Å²) in [5.41, 5.74) is -0.737. The quantitative estimate of drug-likeness (QED) is 0.668. The molecule has 1 aliphatic heterocycles. The zero-order valence-electron chi connectivity index (χ0n) is 11.3. The number of carbonyl (C=O) groups excluding carboxylic acids is 2. The maximum Gasteiger partial charge on any atom is 0.321 e. The topological polar surface area (TPSA) is 81.7 Å². The molecule has 1 heterocycles. The standard InChI is InChI=1S/C12H23N3O3/c1-9(2)13-11(17)14-10(16)7-15-6-4-5-12(3,18)8-15/h9,18H,4-8H2,1-3H3,(H2,13,14,16,17). The van der Waals surface area contributed by atoms with E-state index in [1.807, 2.05) is 18.7 Å². The van der Waals surface area contributed by atoms with E-state index in [2.05, 4.69) is 10.6 Å². The van der Waals surface area contributed by atoms with Gasteiger partial charge in [0.1, 0.15) is 0 Å². The maximum absolute atomic E-state index is 11.6. The van der Waals surface area contributed by atoms with E-state index in [9.17, 15) is 14.7 Å². The lowest BCUT2D eigenvalue weighted by atomic mass is 9.95. The van der Waals surface area contributed by atoms with E-state index in [1.165, 1.54) is 0 Å². The average Bonchev–Trinajstić information content (AvgIpc) is 2.13. The number of nitrogens with one attached hydrogen (secondary N) is 2. The fourth-order valence-electron chi connectivity index (χ4n) is 2.13. The van der Waals surface area contributed by atoms with Gasteiger partial charge in [-0.1, -0.05) is 0 Å². The van der Waals surface area contributed by atoms with Crippen molar-refractivity contribution in [3.63, 3.8) is 0 Å². The third-order valence-electron chi connectivity index (χ3n) is 2.79. The Bertz CT molecular complexity index is 316. The Labute approximate surface area is 108 Å². The van der Waals surface area contributed by atoms with Crippen LogP contribution in [0.15, 0.2) is 0 Å². The molecule has 0 radical (unpaired) electrons. The van der Waals surface area contributed by atoms with Crippen LogP contribution in [0.2, 0.25) is 0 Å². The SMILES string of the molecule is CC(C)NC(=O)NC(=O)CN1CCCC(C)(O)C1. The molecule has 1 rings (SSSR count). The summed E-state index contributed by atoms with van der Waals surface area (Å²) in [4.78, 5) is 24.8. The van der Waals surface area contributed by atoms with E-state index in [4.69, 9.17) is 0 Å². The van der Waals surface area contributed by atoms with Gasteiger partial charge in [0.05, 0.1) is 12.1 Å². The Morgan fingerprint density at radius 2 is 2.11 bits per heavy atom. The van der Waals surface area contributed by atoms with Crippen LogP contribution in [0.4, 0.5) is 4.79 Å². The number of carbonyl (C=O) groups is 2. The number of β-amino-alcohol motifs (C(OH)–C–C–N with tert-alkyl or cyclic N) is 1. The summed E-state index contributed by atoms with van der Waals surface area (Å²) in [7, 11) is 0. The molecule has 1 fully saturated rings. The number of piperidine rings is 1. The molecular weight excluding hydrogens is 234 g/mol. The molecule has 0 bridgehead atoms. The lowest BCUT2D eigenvalue weighted by molar-refractivity contribution is -0.122. The number of likely N-dealkylation sites (tertiary alicyclic amines) is 1. The Morgan fingerprint density at radius 1 is 1.44 bits per heavy atom. The average molecular weight is 257 g/mol. The van der Waals surface area contributed by atoms with Crippen molar-refractivity contribution in [2.45, 2.75) is 45.3 Å². The summed E-state index contributed by atoms with van der Waals surface area (Å²) >= 11 is 0. The summed E-state index contributed by atoms with van der Waals surface area (Å²) in [6.07, 6.45) is 1.61. The van der Waals surface area contributed by atoms with Crippen molar-refractivity contribution in [3.05, 3.63) is 0 Å². The molecule has 1 saturated heterocycles. The first-order valence-corrected chi connectivity index (χ1v) is 6.33. The Balaban J connectivity index is 2.34. The van der Waals surface area contributed by atoms with Gasteiger partial charge in [-0.3, -0.25) is 15.0 Å². The molecule has 6 nitrogen and oxygen atoms in total. The molecule has 3 amide bonds. The number of amides is 3. The summed E-state index contributed by atoms with van der Waals surface area (Å²) in [5.74, 6) is -0.342. The van der Waals surface area contributed by atoms with Gasteiger partial charge in [0.2, 0.25) is 5.91 Å². The first kappa shape index (κ1) is 14.9. The van der Waals surface area contributed by atoms with E-state index in [0.717, 1.165) is 19.4 Å². The second-order valence-corrected chi connectivity index (χ2v) is 5.49. The summed E-state index contributed by atoms with van der Waals surface area (Å²) in [5, 5.41) is 14.8. The van der Waals surface area contributed by atoms with E-state index in [-0.39, 0.29) is 18.5 Å². The predicted molar refractivity (Wildman–Crippen MR) is 68.1 cm³/mol. The highest BCUT2D eigenvalue weighted by Crippen LogP contribution is 2.19. The van der Waals surface area contributed by atoms with Crippen LogP contribution in [-0.4, -0.2) is 53.2 Å². The van der Waals surface area contributed by atoms with Gasteiger partial charge in [-0.2, -0.15) is 0 Å². The fourth-order valence-corrected chi connectivity index (χ4v) is 2.13. The number of hydrogen-bond acceptors (Lipinski definition) is 4. The van der Waals surface area contributed by atoms with Gasteiger partial charge in [-0.05, 0) is 40.2 Å². The molecule has 0 aromatic carbocycles. The highest BCUT2D eigenvalue weighted by molar-refractivity contribution is 5.95. The molecule has 1 atom stereocenters. The van der Waals surface area contributed by atoms with Crippen molar-refractivity contribution in [2.24, 2.45) is 0 Å². The third kappa shape index (κ3) is 5.46. The largest absolute Gasteiger partial charge is 0.389 e. The van der Waals surface area contributed by atoms with Crippen molar-refractivity contribution < 1.29 is 14.7 Å². The summed E-state index contributed by atoms with van der Waals surface area (Å²) in [6.45, 7) is 6.80. The van der Waals surface area contributed by atoms with Crippen LogP contribution in [0, 0.1) is 0 Å². The number of rotatable bonds is 3. The molecule has 1 aliphatic rings. The molecule has 0 spiro atoms. The number of urea groups is 1. The van der Waals surface area contributed by atoms with E-state index < -0.39 is 11.6 Å². The molecule has 0 saturated carbocycles. The van der Waals surface area contributed by atoms with Gasteiger partial charge in [0.25, 0.3) is 0 Å². The van der Waals surface area contributed by atoms with Crippen molar-refractivity contribution in [1.82, 2.24) is 15.5 Å². The highest BCUT2D eigenvalue weighted by atomic mass is 16.3. The number of aliphatic hydroxyl groups is 1. The lowest BCUT2D eigenvalue weighted by Crippen LogP contribution is -2.51. The smallest absolute Gasteiger partial charge is 0.321 e. The van der Waals surface area contributed by atoms with E-state index in [1.54, 1.807) is 6.92 Å². The summed E-state index contributed by atoms with van der Waals surface area (Å²) in [6, 6.07) is -0.479. The monoisotopic (exact) mass is 257 g/mol. The Hall–Kier alpha value is -1.14. The van der Waals surface area contributed by atoms with Gasteiger partial charge in [-0.15, -0.1) is 0 Å². The van der Waals surface area contributed by atoms with Crippen LogP contribution < -0.4 is 10.6 Å². The highest BCUT2D eigenvalue weighted by Gasteiger charge is 2.29. The minimum absolute atomic E-state index is 0.00600. The number of imide groups is 1. The zero-order chi connectivity index (χ0) is 13.8. The second kappa shape index (κ2) is 6.15. The van der Waals surface area contributed by atoms with Gasteiger partial charge >= 0.3 is 6.03 Å². The van der Waals surface area contributed by atoms with Crippen molar-refractivity contribution >= 4 is 11.9 Å². The normalized spacial score (nSPS) is 24.9. The zero-order valence-corrected chi connectivity index (χ0v) is 11.3. The third-order valence-corrected chi connectivity index (χ3v) is 2.79. The van der Waals surface area contributed by atoms with Crippen LogP contribution in [0.3, 0.4) is 0 Å². The first-order chi connectivity index (χ1) is 8.28. The van der Waals surface area contributed by atoms with Gasteiger partial charge in [0.15, 0.2) is 0 Å². The van der Waals surface area contributed by atoms with Crippen molar-refractivity contribution in [1.29, 1.82) is 0 Å². The minimum Gasteiger partial charge on any atom is -0.389 e. The van der Waals surface area contributed by atoms with Crippen molar-refractivity contribution in [3.8, 4) is 0 Å². The van der Waals surface area contributed by atoms with Crippen LogP contribution in [-0.2, 0) is 4.79 Å². The predicted octanol–water partition coefficient (Wildman–Crippen LogP) is 0.0674. The molecule has 6 heteroatoms. The minimum atomic E-state index is -0.737.